The molecule has 4 nitrogen and oxygen atoms in total. The van der Waals surface area contributed by atoms with Gasteiger partial charge in [-0.15, -0.1) is 11.8 Å². The van der Waals surface area contributed by atoms with Gasteiger partial charge in [-0.2, -0.15) is 20.8 Å². The van der Waals surface area contributed by atoms with Crippen molar-refractivity contribution in [3.8, 4) is 18.3 Å². The SMILES string of the molecule is CSC(=NC#N)C(C#N)C#N. The number of hydrogen-bond donors (Lipinski definition) is 0. The first kappa shape index (κ1) is 9.49. The van der Waals surface area contributed by atoms with Crippen molar-refractivity contribution in [1.29, 1.82) is 15.8 Å². The quantitative estimate of drug-likeness (QED) is 0.327. The van der Waals surface area contributed by atoms with Crippen LogP contribution in [0.5, 0.6) is 0 Å². The topological polar surface area (TPSA) is 83.7 Å². The summed E-state index contributed by atoms with van der Waals surface area (Å²) in [4.78, 5) is 3.32. The molecule has 0 atom stereocenters. The predicted octanol–water partition coefficient (Wildman–Crippen LogP) is 0.892. The van der Waals surface area contributed by atoms with Gasteiger partial charge in [0.1, 0.15) is 5.04 Å². The van der Waals surface area contributed by atoms with Crippen molar-refractivity contribution in [3.63, 3.8) is 0 Å². The van der Waals surface area contributed by atoms with Crippen LogP contribution < -0.4 is 0 Å². The summed E-state index contributed by atoms with van der Waals surface area (Å²) in [6, 6.07) is 3.45. The lowest BCUT2D eigenvalue weighted by atomic mass is 10.2. The van der Waals surface area contributed by atoms with E-state index in [2.05, 4.69) is 4.99 Å². The largest absolute Gasteiger partial charge is 0.206 e. The first-order chi connectivity index (χ1) is 5.29. The molecule has 11 heavy (non-hydrogen) atoms. The minimum Gasteiger partial charge on any atom is -0.196 e. The van der Waals surface area contributed by atoms with Crippen molar-refractivity contribution < 1.29 is 0 Å². The normalized spacial score (nSPS) is 9.91. The van der Waals surface area contributed by atoms with E-state index in [4.69, 9.17) is 15.8 Å². The van der Waals surface area contributed by atoms with E-state index in [0.29, 0.717) is 0 Å². The van der Waals surface area contributed by atoms with Gasteiger partial charge in [0.15, 0.2) is 5.92 Å². The van der Waals surface area contributed by atoms with E-state index in [1.54, 1.807) is 18.4 Å². The Kier molecular flexibility index (Phi) is 4.56. The van der Waals surface area contributed by atoms with Crippen molar-refractivity contribution in [1.82, 2.24) is 0 Å². The molecule has 0 heterocycles. The maximum Gasteiger partial charge on any atom is 0.206 e. The lowest BCUT2D eigenvalue weighted by molar-refractivity contribution is 1.17. The van der Waals surface area contributed by atoms with Crippen molar-refractivity contribution in [2.45, 2.75) is 0 Å². The molecule has 54 valence electrons. The number of nitrogens with zero attached hydrogens (tertiary/aromatic N) is 4. The van der Waals surface area contributed by atoms with Crippen molar-refractivity contribution >= 4 is 16.8 Å². The van der Waals surface area contributed by atoms with Crippen LogP contribution in [0, 0.1) is 40.0 Å². The summed E-state index contributed by atoms with van der Waals surface area (Å²) in [6.07, 6.45) is 3.20. The smallest absolute Gasteiger partial charge is 0.196 e. The summed E-state index contributed by atoms with van der Waals surface area (Å²) in [5, 5.41) is 25.1. The molecule has 0 N–H and O–H groups in total. The molecule has 0 unspecified atom stereocenters. The van der Waals surface area contributed by atoms with Crippen molar-refractivity contribution in [2.24, 2.45) is 10.9 Å². The molecular weight excluding hydrogens is 160 g/mol. The third kappa shape index (κ3) is 2.71. The van der Waals surface area contributed by atoms with E-state index >= 15 is 0 Å². The standard InChI is InChI=1S/C6H4N4S/c1-11-6(10-4-9)5(2-7)3-8/h5H,1H3. The molecule has 0 aromatic rings. The molecule has 0 saturated heterocycles. The monoisotopic (exact) mass is 164 g/mol. The number of aliphatic imine (C=N–C) groups is 1. The summed E-state index contributed by atoms with van der Waals surface area (Å²) in [6.45, 7) is 0. The van der Waals surface area contributed by atoms with E-state index in [1.165, 1.54) is 6.19 Å². The molecule has 0 aliphatic rings. The Hall–Kier alpha value is -1.51. The molecule has 0 saturated carbocycles. The van der Waals surface area contributed by atoms with Crippen LogP contribution in [0.2, 0.25) is 0 Å². The highest BCUT2D eigenvalue weighted by atomic mass is 32.2. The molecule has 0 amide bonds. The summed E-state index contributed by atoms with van der Waals surface area (Å²) in [5.74, 6) is -0.912. The fourth-order valence-corrected chi connectivity index (χ4v) is 0.890. The lowest BCUT2D eigenvalue weighted by Crippen LogP contribution is -2.05. The van der Waals surface area contributed by atoms with Crippen LogP contribution >= 0.6 is 11.8 Å². The van der Waals surface area contributed by atoms with Crippen LogP contribution in [-0.4, -0.2) is 11.3 Å². The molecule has 0 aromatic carbocycles. The van der Waals surface area contributed by atoms with E-state index in [-0.39, 0.29) is 5.04 Å². The highest BCUT2D eigenvalue weighted by Crippen LogP contribution is 2.08. The number of hydrogen-bond acceptors (Lipinski definition) is 5. The van der Waals surface area contributed by atoms with Gasteiger partial charge >= 0.3 is 0 Å². The van der Waals surface area contributed by atoms with Crippen molar-refractivity contribution in [2.75, 3.05) is 6.26 Å². The average molecular weight is 164 g/mol. The van der Waals surface area contributed by atoms with Gasteiger partial charge in [-0.25, -0.2) is 0 Å². The zero-order valence-corrected chi connectivity index (χ0v) is 6.59. The molecule has 0 aliphatic carbocycles. The van der Waals surface area contributed by atoms with Crippen LogP contribution in [0.4, 0.5) is 0 Å². The summed E-state index contributed by atoms with van der Waals surface area (Å²) < 4.78 is 0. The van der Waals surface area contributed by atoms with Crippen LogP contribution in [0.15, 0.2) is 4.99 Å². The second-order valence-corrected chi connectivity index (χ2v) is 2.27. The van der Waals surface area contributed by atoms with E-state index < -0.39 is 5.92 Å². The Balaban J connectivity index is 4.57. The summed E-state index contributed by atoms with van der Waals surface area (Å²) in [5.41, 5.74) is 0. The van der Waals surface area contributed by atoms with Crippen LogP contribution in [0.1, 0.15) is 0 Å². The maximum atomic E-state index is 8.38. The molecule has 0 aromatic heterocycles. The van der Waals surface area contributed by atoms with Gasteiger partial charge in [0, 0.05) is 0 Å². The average Bonchev–Trinajstić information content (AvgIpc) is 2.05. The van der Waals surface area contributed by atoms with E-state index in [1.807, 2.05) is 0 Å². The van der Waals surface area contributed by atoms with Gasteiger partial charge in [-0.1, -0.05) is 0 Å². The van der Waals surface area contributed by atoms with Gasteiger partial charge in [0.05, 0.1) is 12.1 Å². The highest BCUT2D eigenvalue weighted by molar-refractivity contribution is 8.13. The first-order valence-corrected chi connectivity index (χ1v) is 3.82. The molecule has 5 heteroatoms. The Morgan fingerprint density at radius 1 is 1.36 bits per heavy atom. The zero-order chi connectivity index (χ0) is 8.69. The molecule has 0 aliphatic heterocycles. The van der Waals surface area contributed by atoms with Gasteiger partial charge in [0.2, 0.25) is 6.19 Å². The van der Waals surface area contributed by atoms with Gasteiger partial charge in [-0.05, 0) is 6.26 Å². The fourth-order valence-electron chi connectivity index (χ4n) is 0.417. The lowest BCUT2D eigenvalue weighted by Gasteiger charge is -1.96. The Bertz CT molecular complexity index is 260. The third-order valence-corrected chi connectivity index (χ3v) is 1.62. The summed E-state index contributed by atoms with van der Waals surface area (Å²) in [7, 11) is 0. The Labute approximate surface area is 68.8 Å². The fraction of sp³-hybridized carbons (Fsp3) is 0.333. The number of rotatable bonds is 1. The number of thioether (sulfide) groups is 1. The maximum absolute atomic E-state index is 8.38. The highest BCUT2D eigenvalue weighted by Gasteiger charge is 2.12. The second kappa shape index (κ2) is 5.29. The molecule has 0 radical (unpaired) electrons. The molecular formula is C6H4N4S. The Morgan fingerprint density at radius 2 is 1.91 bits per heavy atom. The molecule has 0 fully saturated rings. The van der Waals surface area contributed by atoms with Gasteiger partial charge < -0.3 is 0 Å². The van der Waals surface area contributed by atoms with Crippen LogP contribution in [0.3, 0.4) is 0 Å². The minimum atomic E-state index is -0.912. The summed E-state index contributed by atoms with van der Waals surface area (Å²) >= 11 is 1.13. The first-order valence-electron chi connectivity index (χ1n) is 2.60. The van der Waals surface area contributed by atoms with E-state index in [0.717, 1.165) is 11.8 Å². The molecule has 0 bridgehead atoms. The predicted molar refractivity (Wildman–Crippen MR) is 41.3 cm³/mol. The zero-order valence-electron chi connectivity index (χ0n) is 5.77. The number of nitriles is 3. The Morgan fingerprint density at radius 3 is 2.18 bits per heavy atom. The third-order valence-electron chi connectivity index (χ3n) is 0.874. The van der Waals surface area contributed by atoms with Crippen LogP contribution in [-0.2, 0) is 0 Å². The van der Waals surface area contributed by atoms with Crippen LogP contribution in [0.25, 0.3) is 0 Å². The second-order valence-electron chi connectivity index (χ2n) is 1.45. The van der Waals surface area contributed by atoms with Gasteiger partial charge in [0.25, 0.3) is 0 Å². The minimum absolute atomic E-state index is 0.248. The van der Waals surface area contributed by atoms with E-state index in [9.17, 15) is 0 Å². The van der Waals surface area contributed by atoms with Crippen molar-refractivity contribution in [3.05, 3.63) is 0 Å². The van der Waals surface area contributed by atoms with Gasteiger partial charge in [-0.3, -0.25) is 0 Å². The molecule has 0 spiro atoms. The molecule has 0 rings (SSSR count).